The molecule has 5 aliphatic heterocycles. The van der Waals surface area contributed by atoms with Gasteiger partial charge >= 0.3 is 0 Å². The Labute approximate surface area is 467 Å². The Morgan fingerprint density at radius 2 is 0.873 bits per heavy atom. The highest BCUT2D eigenvalue weighted by Crippen LogP contribution is 2.36. The van der Waals surface area contributed by atoms with Crippen LogP contribution in [0.1, 0.15) is 118 Å². The number of amides is 5. The van der Waals surface area contributed by atoms with Crippen molar-refractivity contribution in [1.29, 1.82) is 0 Å². The van der Waals surface area contributed by atoms with Crippen molar-refractivity contribution in [3.05, 3.63) is 119 Å². The maximum atomic E-state index is 11.8. The molecule has 5 aliphatic rings. The lowest BCUT2D eigenvalue weighted by atomic mass is 10.0. The molecule has 0 aromatic heterocycles. The Hall–Kier alpha value is -7.55. The summed E-state index contributed by atoms with van der Waals surface area (Å²) < 4.78 is 27.2. The number of fused-ring (bicyclic) bond motifs is 5. The van der Waals surface area contributed by atoms with Gasteiger partial charge in [-0.25, -0.2) is 0 Å². The molecule has 424 valence electrons. The van der Waals surface area contributed by atoms with Crippen LogP contribution in [0.25, 0.3) is 0 Å². The maximum Gasteiger partial charge on any atom is 0.268 e. The molecule has 79 heavy (non-hydrogen) atoms. The second-order valence-corrected chi connectivity index (χ2v) is 23.3. The first-order valence-electron chi connectivity index (χ1n) is 27.7. The molecule has 5 aromatic carbocycles. The van der Waals surface area contributed by atoms with Gasteiger partial charge in [-0.05, 0) is 171 Å². The van der Waals surface area contributed by atoms with E-state index in [1.54, 1.807) is 32.7 Å². The lowest BCUT2D eigenvalue weighted by molar-refractivity contribution is -0.129. The Kier molecular flexibility index (Phi) is 21.0. The lowest BCUT2D eigenvalue weighted by Gasteiger charge is -2.31. The Morgan fingerprint density at radius 1 is 0.468 bits per heavy atom. The standard InChI is InChI=1S/C14H19NO2.2C13H17NO2.2C12H15NO2/c1-9(2)7-10-5-6-12-11(8-10)15-13(16)14(3,4)17-12;1-9(2)6-10-4-5-12-11(7-10)14(3)13(15)8-16-12;1-8(2)6-10-4-5-12-11(7-10)14-13(15)9(3)16-12;1-8(2)5-9-3-4-11-10(6-9)13-12(14)7-15-11;1-8(2)5-9-3-4-10-11(6-9)15-7-12(14)13-10/h5-6,8-9H,7H2,1-4H3,(H,15,16);4-5,7,9H,6,8H2,1-3H3;4-5,7-9H,6H2,1-3H3,(H,14,15);2*3-4,6,8H,5,7H2,1-2H3,(H,13,14). The van der Waals surface area contributed by atoms with Gasteiger partial charge in [0.05, 0.1) is 28.4 Å². The molecule has 0 saturated heterocycles. The Balaban J connectivity index is 0.000000160. The van der Waals surface area contributed by atoms with Gasteiger partial charge in [0.25, 0.3) is 29.5 Å². The molecule has 0 bridgehead atoms. The summed E-state index contributed by atoms with van der Waals surface area (Å²) in [5.74, 6) is 6.61. The van der Waals surface area contributed by atoms with Gasteiger partial charge in [0.1, 0.15) is 28.7 Å². The third kappa shape index (κ3) is 18.0. The van der Waals surface area contributed by atoms with E-state index in [4.69, 9.17) is 23.7 Å². The van der Waals surface area contributed by atoms with Crippen LogP contribution in [0, 0.1) is 29.6 Å². The minimum Gasteiger partial charge on any atom is -0.482 e. The van der Waals surface area contributed by atoms with Crippen LogP contribution in [0.4, 0.5) is 28.4 Å². The van der Waals surface area contributed by atoms with Crippen molar-refractivity contribution < 1.29 is 47.7 Å². The molecule has 5 heterocycles. The molecule has 0 radical (unpaired) electrons. The summed E-state index contributed by atoms with van der Waals surface area (Å²) in [5, 5.41) is 11.3. The topological polar surface area (TPSA) is 183 Å². The molecule has 0 saturated carbocycles. The Bertz CT molecular complexity index is 2960. The summed E-state index contributed by atoms with van der Waals surface area (Å²) in [6, 6.07) is 30.0. The number of anilines is 5. The second kappa shape index (κ2) is 27.4. The summed E-state index contributed by atoms with van der Waals surface area (Å²) in [7, 11) is 1.79. The van der Waals surface area contributed by atoms with Crippen LogP contribution in [-0.2, 0) is 56.1 Å². The summed E-state index contributed by atoms with van der Waals surface area (Å²) >= 11 is 0. The smallest absolute Gasteiger partial charge is 0.268 e. The fourth-order valence-corrected chi connectivity index (χ4v) is 9.17. The molecule has 10 rings (SSSR count). The largest absolute Gasteiger partial charge is 0.482 e. The highest BCUT2D eigenvalue weighted by Gasteiger charge is 2.35. The van der Waals surface area contributed by atoms with Gasteiger partial charge in [0, 0.05) is 7.05 Å². The first-order valence-corrected chi connectivity index (χ1v) is 27.7. The molecule has 5 aromatic rings. The van der Waals surface area contributed by atoms with Crippen LogP contribution < -0.4 is 49.9 Å². The van der Waals surface area contributed by atoms with Gasteiger partial charge in [-0.1, -0.05) is 99.6 Å². The summed E-state index contributed by atoms with van der Waals surface area (Å²) in [6.07, 6.45) is 4.69. The zero-order chi connectivity index (χ0) is 57.7. The second-order valence-electron chi connectivity index (χ2n) is 23.3. The van der Waals surface area contributed by atoms with Gasteiger partial charge in [-0.15, -0.1) is 0 Å². The fourth-order valence-electron chi connectivity index (χ4n) is 9.17. The molecular formula is C64H83N5O10. The van der Waals surface area contributed by atoms with Crippen molar-refractivity contribution in [2.45, 2.75) is 134 Å². The van der Waals surface area contributed by atoms with Gasteiger partial charge in [0.2, 0.25) is 0 Å². The van der Waals surface area contributed by atoms with Crippen LogP contribution in [0.15, 0.2) is 91.0 Å². The van der Waals surface area contributed by atoms with Crippen LogP contribution in [0.3, 0.4) is 0 Å². The van der Waals surface area contributed by atoms with E-state index in [1.165, 1.54) is 27.8 Å². The summed E-state index contributed by atoms with van der Waals surface area (Å²) in [5.41, 5.74) is 9.43. The van der Waals surface area contributed by atoms with E-state index >= 15 is 0 Å². The van der Waals surface area contributed by atoms with E-state index in [1.807, 2.05) is 66.7 Å². The van der Waals surface area contributed by atoms with Crippen LogP contribution >= 0.6 is 0 Å². The normalized spacial score (nSPS) is 16.1. The van der Waals surface area contributed by atoms with Crippen LogP contribution in [0.5, 0.6) is 28.7 Å². The van der Waals surface area contributed by atoms with Crippen LogP contribution in [-0.4, -0.2) is 68.1 Å². The van der Waals surface area contributed by atoms with Gasteiger partial charge < -0.3 is 49.9 Å². The van der Waals surface area contributed by atoms with E-state index in [2.05, 4.69) is 115 Å². The zero-order valence-electron chi connectivity index (χ0n) is 48.8. The van der Waals surface area contributed by atoms with Crippen molar-refractivity contribution in [1.82, 2.24) is 0 Å². The molecular weight excluding hydrogens is 999 g/mol. The number of hydrogen-bond donors (Lipinski definition) is 4. The van der Waals surface area contributed by atoms with Gasteiger partial charge in [0.15, 0.2) is 31.5 Å². The number of ether oxygens (including phenoxy) is 5. The van der Waals surface area contributed by atoms with Crippen molar-refractivity contribution in [3.8, 4) is 28.7 Å². The fraction of sp³-hybridized carbons (Fsp3) is 0.453. The zero-order valence-corrected chi connectivity index (χ0v) is 48.8. The summed E-state index contributed by atoms with van der Waals surface area (Å²) in [6.45, 7) is 27.5. The number of hydrogen-bond acceptors (Lipinski definition) is 10. The lowest BCUT2D eigenvalue weighted by Crippen LogP contribution is -2.45. The average molecular weight is 1080 g/mol. The predicted octanol–water partition coefficient (Wildman–Crippen LogP) is 12.3. The van der Waals surface area contributed by atoms with Crippen molar-refractivity contribution in [2.24, 2.45) is 29.6 Å². The van der Waals surface area contributed by atoms with E-state index in [-0.39, 0.29) is 49.4 Å². The molecule has 1 atom stereocenters. The van der Waals surface area contributed by atoms with Gasteiger partial charge in [-0.3, -0.25) is 24.0 Å². The molecule has 4 N–H and O–H groups in total. The molecule has 0 aliphatic carbocycles. The number of nitrogens with one attached hydrogen (secondary N) is 4. The molecule has 15 heteroatoms. The van der Waals surface area contributed by atoms with E-state index in [0.29, 0.717) is 29.6 Å². The number of carbonyl (C=O) groups excluding carboxylic acids is 5. The molecule has 1 unspecified atom stereocenters. The van der Waals surface area contributed by atoms with Gasteiger partial charge in [-0.2, -0.15) is 0 Å². The van der Waals surface area contributed by atoms with Crippen molar-refractivity contribution >= 4 is 58.0 Å². The molecule has 5 amide bonds. The quantitative estimate of drug-likeness (QED) is 0.105. The molecule has 0 spiro atoms. The number of carbonyl (C=O) groups is 5. The number of benzene rings is 5. The van der Waals surface area contributed by atoms with Crippen LogP contribution in [0.2, 0.25) is 0 Å². The number of nitrogens with zero attached hydrogens (tertiary/aromatic N) is 1. The number of likely N-dealkylation sites (N-methyl/N-ethyl adjacent to an activating group) is 1. The highest BCUT2D eigenvalue weighted by molar-refractivity contribution is 6.01. The monoisotopic (exact) mass is 1080 g/mol. The minimum atomic E-state index is -0.785. The highest BCUT2D eigenvalue weighted by atomic mass is 16.5. The Morgan fingerprint density at radius 3 is 1.41 bits per heavy atom. The maximum absolute atomic E-state index is 11.8. The third-order valence-corrected chi connectivity index (χ3v) is 12.9. The number of rotatable bonds is 10. The van der Waals surface area contributed by atoms with E-state index in [9.17, 15) is 24.0 Å². The van der Waals surface area contributed by atoms with Crippen molar-refractivity contribution in [2.75, 3.05) is 53.0 Å². The minimum absolute atomic E-state index is 0.00852. The van der Waals surface area contributed by atoms with E-state index in [0.717, 1.165) is 89.3 Å². The summed E-state index contributed by atoms with van der Waals surface area (Å²) in [4.78, 5) is 58.6. The molecule has 0 fully saturated rings. The molecule has 15 nitrogen and oxygen atoms in total. The van der Waals surface area contributed by atoms with Crippen molar-refractivity contribution in [3.63, 3.8) is 0 Å². The average Bonchev–Trinajstić information content (AvgIpc) is 3.36. The first kappa shape index (κ1) is 60.7. The first-order chi connectivity index (χ1) is 37.3. The third-order valence-electron chi connectivity index (χ3n) is 12.9. The SMILES string of the molecule is CC(C)Cc1ccc2c(c1)N(C)C(=O)CO2.CC(C)Cc1ccc2c(c1)NC(=O)C(C)(C)O2.CC(C)Cc1ccc2c(c1)NC(=O)C(C)O2.CC(C)Cc1ccc2c(c1)NC(=O)CO2.CC(C)Cc1ccc2c(c1)OCC(=O)N2. The predicted molar refractivity (Wildman–Crippen MR) is 314 cm³/mol. The van der Waals surface area contributed by atoms with E-state index < -0.39 is 11.7 Å².